The Morgan fingerprint density at radius 1 is 0.875 bits per heavy atom. The summed E-state index contributed by atoms with van der Waals surface area (Å²) in [6, 6.07) is 18.1. The summed E-state index contributed by atoms with van der Waals surface area (Å²) in [5.74, 6) is 0. The molecule has 0 saturated heterocycles. The number of hydrogen-bond donors (Lipinski definition) is 2. The van der Waals surface area contributed by atoms with E-state index in [0.29, 0.717) is 11.1 Å². The molecule has 0 aliphatic carbocycles. The molecule has 0 aliphatic heterocycles. The lowest BCUT2D eigenvalue weighted by Crippen LogP contribution is -1.91. The van der Waals surface area contributed by atoms with Crippen molar-refractivity contribution >= 4 is 58.5 Å². The van der Waals surface area contributed by atoms with E-state index in [0.717, 1.165) is 11.5 Å². The molecule has 6 heteroatoms. The lowest BCUT2D eigenvalue weighted by atomic mass is 10.2. The van der Waals surface area contributed by atoms with Crippen molar-refractivity contribution in [3.8, 4) is 0 Å². The van der Waals surface area contributed by atoms with Gasteiger partial charge in [-0.15, -0.1) is 12.4 Å². The molecule has 24 heavy (non-hydrogen) atoms. The fraction of sp³-hybridized carbons (Fsp3) is 0.111. The van der Waals surface area contributed by atoms with Gasteiger partial charge in [0.2, 0.25) is 0 Å². The van der Waals surface area contributed by atoms with Crippen molar-refractivity contribution < 1.29 is 10.2 Å². The van der Waals surface area contributed by atoms with Crippen LogP contribution in [-0.2, 0) is 0 Å². The quantitative estimate of drug-likeness (QED) is 0.581. The van der Waals surface area contributed by atoms with E-state index in [-0.39, 0.29) is 22.5 Å². The van der Waals surface area contributed by atoms with Crippen molar-refractivity contribution in [2.75, 3.05) is 0 Å². The topological polar surface area (TPSA) is 40.5 Å². The van der Waals surface area contributed by atoms with E-state index in [2.05, 4.69) is 31.0 Å². The number of hydrogen-bond acceptors (Lipinski definition) is 2. The molecule has 2 nitrogen and oxygen atoms in total. The Hall–Kier alpha value is -1.46. The van der Waals surface area contributed by atoms with Crippen LogP contribution in [0.3, 0.4) is 0 Å². The Morgan fingerprint density at radius 2 is 1.12 bits per heavy atom. The molecular weight excluding hydrogens is 383 g/mol. The average molecular weight is 403 g/mol. The largest absolute Gasteiger partial charge is 0.499 e. The van der Waals surface area contributed by atoms with Gasteiger partial charge in [-0.3, -0.25) is 0 Å². The first-order chi connectivity index (χ1) is 10.9. The molecular formula is C18H20Cl2O2S2. The summed E-state index contributed by atoms with van der Waals surface area (Å²) in [5.41, 5.74) is 1.40. The molecule has 0 spiro atoms. The molecule has 0 saturated carbocycles. The fourth-order valence-corrected chi connectivity index (χ4v) is 1.43. The lowest BCUT2D eigenvalue weighted by molar-refractivity contribution is 0.570. The molecule has 0 heterocycles. The second-order valence-corrected chi connectivity index (χ2v) is 5.52. The van der Waals surface area contributed by atoms with E-state index in [9.17, 15) is 0 Å². The maximum Gasteiger partial charge on any atom is 0.188 e. The number of halogens is 2. The molecule has 2 N–H and O–H groups in total. The number of thiocarbonyl (C=S) groups is 2. The Balaban J connectivity index is 0. The molecule has 0 bridgehead atoms. The Kier molecular flexibility index (Phi) is 15.6. The summed E-state index contributed by atoms with van der Waals surface area (Å²) in [4.78, 5) is 0. The minimum atomic E-state index is -0.0457. The summed E-state index contributed by atoms with van der Waals surface area (Å²) in [6.45, 7) is 5.41. The van der Waals surface area contributed by atoms with Crippen molar-refractivity contribution in [2.24, 2.45) is 0 Å². The highest BCUT2D eigenvalue weighted by Crippen LogP contribution is 1.99. The van der Waals surface area contributed by atoms with E-state index in [4.69, 9.17) is 21.8 Å². The van der Waals surface area contributed by atoms with E-state index in [1.807, 2.05) is 43.3 Å². The average Bonchev–Trinajstić information content (AvgIpc) is 2.57. The third-order valence-corrected chi connectivity index (χ3v) is 3.16. The van der Waals surface area contributed by atoms with Crippen LogP contribution in [0, 0.1) is 0 Å². The molecule has 0 amide bonds. The van der Waals surface area contributed by atoms with Gasteiger partial charge in [-0.25, -0.2) is 0 Å². The van der Waals surface area contributed by atoms with Gasteiger partial charge in [-0.2, -0.15) is 0 Å². The highest BCUT2D eigenvalue weighted by atomic mass is 35.5. The van der Waals surface area contributed by atoms with Crippen LogP contribution in [0.25, 0.3) is 0 Å². The zero-order valence-electron chi connectivity index (χ0n) is 13.2. The van der Waals surface area contributed by atoms with Crippen molar-refractivity contribution in [1.29, 1.82) is 0 Å². The van der Waals surface area contributed by atoms with Crippen LogP contribution in [0.1, 0.15) is 24.5 Å². The van der Waals surface area contributed by atoms with Crippen LogP contribution >= 0.6 is 48.4 Å². The van der Waals surface area contributed by atoms with Gasteiger partial charge < -0.3 is 10.2 Å². The van der Waals surface area contributed by atoms with E-state index < -0.39 is 0 Å². The number of allylic oxidation sites excluding steroid dienone is 1. The lowest BCUT2D eigenvalue weighted by Gasteiger charge is -1.91. The number of benzene rings is 2. The minimum Gasteiger partial charge on any atom is -0.499 e. The molecule has 0 fully saturated rings. The molecule has 2 aromatic rings. The van der Waals surface area contributed by atoms with Gasteiger partial charge in [-0.05, 0) is 30.9 Å². The van der Waals surface area contributed by atoms with Crippen LogP contribution < -0.4 is 0 Å². The summed E-state index contributed by atoms with van der Waals surface area (Å²) in [6.07, 6.45) is 0.877. The van der Waals surface area contributed by atoms with Gasteiger partial charge in [0.1, 0.15) is 0 Å². The third-order valence-electron chi connectivity index (χ3n) is 2.43. The first kappa shape index (κ1) is 24.8. The fourth-order valence-electron chi connectivity index (χ4n) is 1.16. The summed E-state index contributed by atoms with van der Waals surface area (Å²) < 4.78 is 0. The second kappa shape index (κ2) is 15.1. The van der Waals surface area contributed by atoms with Gasteiger partial charge in [0.05, 0.1) is 0 Å². The van der Waals surface area contributed by atoms with Gasteiger partial charge >= 0.3 is 0 Å². The number of aliphatic hydroxyl groups is 2. The highest BCUT2D eigenvalue weighted by Gasteiger charge is 1.92. The maximum absolute atomic E-state index is 8.76. The van der Waals surface area contributed by atoms with Crippen molar-refractivity contribution in [2.45, 2.75) is 13.3 Å². The summed E-state index contributed by atoms with van der Waals surface area (Å²) >= 11 is 14.3. The van der Waals surface area contributed by atoms with Gasteiger partial charge in [0.15, 0.2) is 10.1 Å². The molecule has 2 aromatic carbocycles. The Morgan fingerprint density at radius 3 is 1.25 bits per heavy atom. The zero-order chi connectivity index (χ0) is 17.7. The standard InChI is InChI=1S/2C7H6OS.C4H7Cl.ClH/c2*8-7(9)6-4-2-1-3-5-6;1-3-4(2)5;/h2*1-5H,(H,8,9);2-3H2,1H3;1H. The summed E-state index contributed by atoms with van der Waals surface area (Å²) in [7, 11) is 0. The Bertz CT molecular complexity index is 568. The van der Waals surface area contributed by atoms with Crippen LogP contribution in [-0.4, -0.2) is 20.3 Å². The molecule has 0 aliphatic rings. The van der Waals surface area contributed by atoms with E-state index in [1.165, 1.54) is 0 Å². The minimum absolute atomic E-state index is 0. The molecule has 0 aromatic heterocycles. The van der Waals surface area contributed by atoms with Crippen LogP contribution in [0.15, 0.2) is 72.3 Å². The third kappa shape index (κ3) is 13.0. The molecule has 0 unspecified atom stereocenters. The van der Waals surface area contributed by atoms with E-state index >= 15 is 0 Å². The Labute approximate surface area is 165 Å². The van der Waals surface area contributed by atoms with Gasteiger partial charge in [0, 0.05) is 16.2 Å². The van der Waals surface area contributed by atoms with Crippen LogP contribution in [0.2, 0.25) is 0 Å². The second-order valence-electron chi connectivity index (χ2n) is 4.21. The SMILES string of the molecule is C=C(Cl)CC.Cl.OC(=S)c1ccccc1.OC(=S)c1ccccc1. The summed E-state index contributed by atoms with van der Waals surface area (Å²) in [5, 5.41) is 18.1. The van der Waals surface area contributed by atoms with Crippen LogP contribution in [0.5, 0.6) is 0 Å². The number of rotatable bonds is 3. The van der Waals surface area contributed by atoms with Crippen molar-refractivity contribution in [3.63, 3.8) is 0 Å². The molecule has 130 valence electrons. The predicted octanol–water partition coefficient (Wildman–Crippen LogP) is 6.41. The highest BCUT2D eigenvalue weighted by molar-refractivity contribution is 7.80. The van der Waals surface area contributed by atoms with Crippen molar-refractivity contribution in [3.05, 3.63) is 83.4 Å². The number of aliphatic hydroxyl groups excluding tert-OH is 2. The molecule has 2 rings (SSSR count). The maximum atomic E-state index is 8.76. The van der Waals surface area contributed by atoms with Crippen molar-refractivity contribution in [1.82, 2.24) is 0 Å². The van der Waals surface area contributed by atoms with Gasteiger partial charge in [0.25, 0.3) is 0 Å². The smallest absolute Gasteiger partial charge is 0.188 e. The molecule has 0 radical (unpaired) electrons. The monoisotopic (exact) mass is 402 g/mol. The first-order valence-electron chi connectivity index (χ1n) is 6.78. The first-order valence-corrected chi connectivity index (χ1v) is 7.97. The normalized spacial score (nSPS) is 8.25. The zero-order valence-corrected chi connectivity index (χ0v) is 16.4. The molecule has 0 atom stereocenters. The predicted molar refractivity (Wildman–Crippen MR) is 114 cm³/mol. The van der Waals surface area contributed by atoms with Gasteiger partial charge in [-0.1, -0.05) is 85.8 Å². The van der Waals surface area contributed by atoms with E-state index in [1.54, 1.807) is 24.3 Å². The van der Waals surface area contributed by atoms with Crippen LogP contribution in [0.4, 0.5) is 0 Å².